The molecule has 0 aliphatic heterocycles. The molecule has 10 heteroatoms. The van der Waals surface area contributed by atoms with Crippen molar-refractivity contribution < 1.29 is 39.9 Å². The van der Waals surface area contributed by atoms with E-state index in [-0.39, 0.29) is 6.20 Å². The Labute approximate surface area is 101 Å². The smallest absolute Gasteiger partial charge is 0.404 e. The monoisotopic (exact) mass is 295 g/mol. The average molecular weight is 295 g/mol. The van der Waals surface area contributed by atoms with Crippen molar-refractivity contribution in [1.29, 1.82) is 0 Å². The lowest BCUT2D eigenvalue weighted by Gasteiger charge is -2.17. The summed E-state index contributed by atoms with van der Waals surface area (Å²) >= 11 is 0. The highest BCUT2D eigenvalue weighted by Gasteiger charge is 2.39. The molecule has 0 aliphatic rings. The van der Waals surface area contributed by atoms with Gasteiger partial charge in [-0.05, 0) is 12.5 Å². The molecule has 1 aromatic rings. The maximum Gasteiger partial charge on any atom is 0.573 e. The van der Waals surface area contributed by atoms with Crippen molar-refractivity contribution in [2.24, 2.45) is 0 Å². The minimum absolute atomic E-state index is 0.0230. The second-order valence-electron chi connectivity index (χ2n) is 3.36. The van der Waals surface area contributed by atoms with Crippen LogP contribution >= 0.6 is 0 Å². The zero-order valence-corrected chi connectivity index (χ0v) is 9.03. The quantitative estimate of drug-likeness (QED) is 0.761. The van der Waals surface area contributed by atoms with Crippen LogP contribution in [-0.4, -0.2) is 11.3 Å². The fraction of sp³-hybridized carbons (Fsp3) is 0.444. The summed E-state index contributed by atoms with van der Waals surface area (Å²) in [4.78, 5) is 2.69. The summed E-state index contributed by atoms with van der Waals surface area (Å²) in [6.45, 7) is 0.598. The summed E-state index contributed by atoms with van der Waals surface area (Å²) in [5, 5.41) is 0. The first-order valence-electron chi connectivity index (χ1n) is 4.54. The van der Waals surface area contributed by atoms with Crippen molar-refractivity contribution in [2.75, 3.05) is 0 Å². The van der Waals surface area contributed by atoms with Crippen molar-refractivity contribution in [1.82, 2.24) is 4.98 Å². The van der Waals surface area contributed by atoms with Crippen molar-refractivity contribution >= 4 is 0 Å². The van der Waals surface area contributed by atoms with E-state index >= 15 is 0 Å². The number of pyridine rings is 1. The normalized spacial score (nSPS) is 12.9. The van der Waals surface area contributed by atoms with Crippen LogP contribution in [0.2, 0.25) is 0 Å². The van der Waals surface area contributed by atoms with Gasteiger partial charge in [0.25, 0.3) is 6.43 Å². The number of hydrogen-bond donors (Lipinski definition) is 0. The molecule has 0 spiro atoms. The second-order valence-corrected chi connectivity index (χ2v) is 3.36. The summed E-state index contributed by atoms with van der Waals surface area (Å²) < 4.78 is 101. The third kappa shape index (κ3) is 3.67. The molecule has 0 radical (unpaired) electrons. The maximum atomic E-state index is 12.6. The third-order valence-corrected chi connectivity index (χ3v) is 2.05. The molecule has 0 saturated heterocycles. The Bertz CT molecular complexity index is 465. The van der Waals surface area contributed by atoms with Gasteiger partial charge in [0.05, 0.1) is 11.8 Å². The van der Waals surface area contributed by atoms with Crippen LogP contribution in [0, 0.1) is 6.92 Å². The van der Waals surface area contributed by atoms with Crippen LogP contribution in [-0.2, 0) is 6.18 Å². The van der Waals surface area contributed by atoms with Crippen LogP contribution in [0.1, 0.15) is 23.2 Å². The highest BCUT2D eigenvalue weighted by atomic mass is 19.4. The molecular weight excluding hydrogens is 290 g/mol. The molecule has 0 aliphatic carbocycles. The minimum atomic E-state index is -5.31. The van der Waals surface area contributed by atoms with E-state index in [4.69, 9.17) is 0 Å². The van der Waals surface area contributed by atoms with Gasteiger partial charge in [-0.15, -0.1) is 13.2 Å². The highest BCUT2D eigenvalue weighted by molar-refractivity contribution is 5.42. The number of ether oxygens (including phenoxy) is 1. The molecule has 2 nitrogen and oxygen atoms in total. The first-order chi connectivity index (χ1) is 8.43. The lowest BCUT2D eigenvalue weighted by atomic mass is 10.1. The van der Waals surface area contributed by atoms with E-state index in [1.165, 1.54) is 0 Å². The van der Waals surface area contributed by atoms with E-state index in [2.05, 4.69) is 9.72 Å². The average Bonchev–Trinajstić information content (AvgIpc) is 2.11. The largest absolute Gasteiger partial charge is 0.573 e. The van der Waals surface area contributed by atoms with Crippen LogP contribution in [0.15, 0.2) is 6.20 Å². The van der Waals surface area contributed by atoms with Crippen LogP contribution in [0.3, 0.4) is 0 Å². The predicted molar refractivity (Wildman–Crippen MR) is 45.6 cm³/mol. The van der Waals surface area contributed by atoms with E-state index in [0.29, 0.717) is 6.92 Å². The molecule has 0 amide bonds. The fourth-order valence-corrected chi connectivity index (χ4v) is 1.36. The predicted octanol–water partition coefficient (Wildman–Crippen LogP) is 4.25. The van der Waals surface area contributed by atoms with E-state index in [0.717, 1.165) is 0 Å². The number of halogens is 8. The Morgan fingerprint density at radius 1 is 1.11 bits per heavy atom. The van der Waals surface area contributed by atoms with Crippen LogP contribution in [0.25, 0.3) is 0 Å². The highest BCUT2D eigenvalue weighted by Crippen LogP contribution is 2.40. The zero-order valence-electron chi connectivity index (χ0n) is 9.03. The zero-order chi connectivity index (χ0) is 15.0. The first kappa shape index (κ1) is 15.4. The molecule has 1 heterocycles. The van der Waals surface area contributed by atoms with Crippen molar-refractivity contribution in [3.05, 3.63) is 23.0 Å². The van der Waals surface area contributed by atoms with Crippen LogP contribution in [0.4, 0.5) is 35.1 Å². The Morgan fingerprint density at radius 2 is 1.63 bits per heavy atom. The summed E-state index contributed by atoms with van der Waals surface area (Å²) in [5.41, 5.74) is -4.28. The number of hydrogen-bond acceptors (Lipinski definition) is 2. The molecule has 0 N–H and O–H groups in total. The van der Waals surface area contributed by atoms with E-state index in [9.17, 15) is 35.1 Å². The molecule has 0 bridgehead atoms. The minimum Gasteiger partial charge on any atom is -0.404 e. The van der Waals surface area contributed by atoms with Crippen LogP contribution < -0.4 is 4.74 Å². The Hall–Kier alpha value is -1.61. The molecule has 0 unspecified atom stereocenters. The van der Waals surface area contributed by atoms with Gasteiger partial charge in [0.2, 0.25) is 0 Å². The molecule has 0 atom stereocenters. The SMILES string of the molecule is Cc1c(C(F)(F)F)ncc(OC(F)(F)F)c1C(F)F. The van der Waals surface area contributed by atoms with Gasteiger partial charge in [-0.1, -0.05) is 0 Å². The number of nitrogens with zero attached hydrogens (tertiary/aromatic N) is 1. The maximum absolute atomic E-state index is 12.6. The molecule has 108 valence electrons. The summed E-state index contributed by atoms with van der Waals surface area (Å²) in [7, 11) is 0. The van der Waals surface area contributed by atoms with Gasteiger partial charge in [-0.25, -0.2) is 13.8 Å². The van der Waals surface area contributed by atoms with Gasteiger partial charge < -0.3 is 4.74 Å². The van der Waals surface area contributed by atoms with Gasteiger partial charge in [0.15, 0.2) is 5.75 Å². The van der Waals surface area contributed by atoms with Gasteiger partial charge in [-0.2, -0.15) is 13.2 Å². The van der Waals surface area contributed by atoms with E-state index in [1.807, 2.05) is 0 Å². The van der Waals surface area contributed by atoms with Crippen molar-refractivity contribution in [3.63, 3.8) is 0 Å². The molecule has 19 heavy (non-hydrogen) atoms. The third-order valence-electron chi connectivity index (χ3n) is 2.05. The van der Waals surface area contributed by atoms with Gasteiger partial charge in [-0.3, -0.25) is 0 Å². The lowest BCUT2D eigenvalue weighted by molar-refractivity contribution is -0.275. The number of rotatable bonds is 2. The first-order valence-corrected chi connectivity index (χ1v) is 4.54. The molecule has 0 fully saturated rings. The molecule has 1 rings (SSSR count). The Kier molecular flexibility index (Phi) is 3.92. The second kappa shape index (κ2) is 4.82. The standard InChI is InChI=1S/C9H5F8NO/c1-3-5(7(10)11)4(19-9(15,16)17)2-18-6(3)8(12,13)14/h2,7H,1H3. The molecule has 0 saturated carbocycles. The number of aromatic nitrogens is 1. The van der Waals surface area contributed by atoms with Gasteiger partial charge >= 0.3 is 12.5 Å². The molecule has 1 aromatic heterocycles. The summed E-state index contributed by atoms with van der Waals surface area (Å²) in [5.74, 6) is -1.45. The summed E-state index contributed by atoms with van der Waals surface area (Å²) in [6.07, 6.45) is -14.0. The Morgan fingerprint density at radius 3 is 2.00 bits per heavy atom. The van der Waals surface area contributed by atoms with Crippen LogP contribution in [0.5, 0.6) is 5.75 Å². The van der Waals surface area contributed by atoms with Gasteiger partial charge in [0.1, 0.15) is 5.69 Å². The Balaban J connectivity index is 3.41. The van der Waals surface area contributed by atoms with E-state index in [1.54, 1.807) is 0 Å². The van der Waals surface area contributed by atoms with Crippen molar-refractivity contribution in [3.8, 4) is 5.75 Å². The molecular formula is C9H5F8NO. The van der Waals surface area contributed by atoms with Gasteiger partial charge in [0, 0.05) is 0 Å². The van der Waals surface area contributed by atoms with E-state index < -0.39 is 41.5 Å². The molecule has 0 aromatic carbocycles. The topological polar surface area (TPSA) is 22.1 Å². The summed E-state index contributed by atoms with van der Waals surface area (Å²) in [6, 6.07) is 0. The fourth-order valence-electron chi connectivity index (χ4n) is 1.36. The number of alkyl halides is 8. The lowest BCUT2D eigenvalue weighted by Crippen LogP contribution is -2.20. The van der Waals surface area contributed by atoms with Crippen molar-refractivity contribution in [2.45, 2.75) is 25.9 Å².